The molecule has 0 N–H and O–H groups in total. The molecule has 0 aliphatic carbocycles. The molecule has 1 saturated heterocycles. The molecule has 0 amide bonds. The summed E-state index contributed by atoms with van der Waals surface area (Å²) in [6.45, 7) is 3.13. The molecular formula is C9H12Cl2N4. The van der Waals surface area contributed by atoms with E-state index in [0.717, 1.165) is 13.0 Å². The molecule has 15 heavy (non-hydrogen) atoms. The Hall–Kier alpha value is -0.610. The van der Waals surface area contributed by atoms with Crippen molar-refractivity contribution in [3.05, 3.63) is 10.6 Å². The first-order valence-electron chi connectivity index (χ1n) is 5.04. The number of nitrogens with zero attached hydrogens (tertiary/aromatic N) is 4. The highest BCUT2D eigenvalue weighted by molar-refractivity contribution is 6.31. The molecule has 1 aromatic rings. The molecule has 0 bridgehead atoms. The van der Waals surface area contributed by atoms with Crippen LogP contribution in [-0.4, -0.2) is 27.5 Å². The van der Waals surface area contributed by atoms with Crippen molar-refractivity contribution in [1.29, 1.82) is 0 Å². The number of rotatable bonds is 2. The Morgan fingerprint density at radius 2 is 1.93 bits per heavy atom. The molecule has 6 heteroatoms. The molecule has 1 unspecified atom stereocenters. The second-order valence-electron chi connectivity index (χ2n) is 3.57. The van der Waals surface area contributed by atoms with E-state index in [-0.39, 0.29) is 10.6 Å². The molecular weight excluding hydrogens is 235 g/mol. The van der Waals surface area contributed by atoms with Crippen LogP contribution in [0.1, 0.15) is 26.2 Å². The lowest BCUT2D eigenvalue weighted by atomic mass is 10.2. The molecule has 1 aromatic heterocycles. The topological polar surface area (TPSA) is 41.9 Å². The Kier molecular flexibility index (Phi) is 3.26. The molecule has 1 atom stereocenters. The average Bonchev–Trinajstić information content (AvgIpc) is 2.63. The number of hydrogen-bond acceptors (Lipinski definition) is 4. The largest absolute Gasteiger partial charge is 0.338 e. The number of aromatic nitrogens is 3. The molecule has 1 aliphatic heterocycles. The Morgan fingerprint density at radius 3 is 2.53 bits per heavy atom. The van der Waals surface area contributed by atoms with Gasteiger partial charge in [0.25, 0.3) is 0 Å². The van der Waals surface area contributed by atoms with Gasteiger partial charge in [-0.25, -0.2) is 0 Å². The molecule has 0 radical (unpaired) electrons. The van der Waals surface area contributed by atoms with Crippen LogP contribution >= 0.6 is 23.2 Å². The van der Waals surface area contributed by atoms with E-state index in [1.165, 1.54) is 12.8 Å². The number of anilines is 1. The fourth-order valence-corrected chi connectivity index (χ4v) is 2.32. The van der Waals surface area contributed by atoms with Gasteiger partial charge in [-0.3, -0.25) is 0 Å². The summed E-state index contributed by atoms with van der Waals surface area (Å²) in [5.41, 5.74) is 0. The summed E-state index contributed by atoms with van der Waals surface area (Å²) >= 11 is 11.5. The molecule has 0 aromatic carbocycles. The minimum absolute atomic E-state index is 0.159. The SMILES string of the molecule is CCC1CCCN1c1nc(Cl)nc(Cl)n1. The minimum Gasteiger partial charge on any atom is -0.338 e. The summed E-state index contributed by atoms with van der Waals surface area (Å²) in [5, 5.41) is 0.318. The van der Waals surface area contributed by atoms with Gasteiger partial charge in [0.2, 0.25) is 16.5 Å². The van der Waals surface area contributed by atoms with Gasteiger partial charge in [-0.15, -0.1) is 0 Å². The van der Waals surface area contributed by atoms with Crippen LogP contribution in [0.15, 0.2) is 0 Å². The minimum atomic E-state index is 0.159. The van der Waals surface area contributed by atoms with Crippen LogP contribution in [0.4, 0.5) is 5.95 Å². The Bertz CT molecular complexity index is 338. The first-order valence-corrected chi connectivity index (χ1v) is 5.80. The van der Waals surface area contributed by atoms with E-state index >= 15 is 0 Å². The second-order valence-corrected chi connectivity index (χ2v) is 4.25. The van der Waals surface area contributed by atoms with Crippen LogP contribution in [0.3, 0.4) is 0 Å². The van der Waals surface area contributed by atoms with Gasteiger partial charge in [0.15, 0.2) is 0 Å². The van der Waals surface area contributed by atoms with Gasteiger partial charge < -0.3 is 4.90 Å². The fourth-order valence-electron chi connectivity index (χ4n) is 1.97. The molecule has 0 saturated carbocycles. The zero-order valence-corrected chi connectivity index (χ0v) is 9.96. The van der Waals surface area contributed by atoms with Gasteiger partial charge in [-0.05, 0) is 42.5 Å². The molecule has 0 spiro atoms. The van der Waals surface area contributed by atoms with Crippen LogP contribution in [0.5, 0.6) is 0 Å². The van der Waals surface area contributed by atoms with E-state index < -0.39 is 0 Å². The van der Waals surface area contributed by atoms with Gasteiger partial charge in [-0.2, -0.15) is 15.0 Å². The van der Waals surface area contributed by atoms with E-state index in [1.807, 2.05) is 0 Å². The predicted molar refractivity (Wildman–Crippen MR) is 60.5 cm³/mol. The highest BCUT2D eigenvalue weighted by atomic mass is 35.5. The van der Waals surface area contributed by atoms with Gasteiger partial charge in [-0.1, -0.05) is 6.92 Å². The summed E-state index contributed by atoms with van der Waals surface area (Å²) in [4.78, 5) is 14.1. The Labute approximate surface area is 98.6 Å². The summed E-state index contributed by atoms with van der Waals surface area (Å²) < 4.78 is 0. The molecule has 2 rings (SSSR count). The van der Waals surface area contributed by atoms with E-state index in [9.17, 15) is 0 Å². The van der Waals surface area contributed by atoms with Gasteiger partial charge in [0, 0.05) is 12.6 Å². The van der Waals surface area contributed by atoms with Crippen molar-refractivity contribution in [2.75, 3.05) is 11.4 Å². The van der Waals surface area contributed by atoms with Gasteiger partial charge in [0.1, 0.15) is 0 Å². The van der Waals surface area contributed by atoms with Crippen LogP contribution in [-0.2, 0) is 0 Å². The molecule has 1 fully saturated rings. The Morgan fingerprint density at radius 1 is 1.27 bits per heavy atom. The van der Waals surface area contributed by atoms with Crippen LogP contribution in [0, 0.1) is 0 Å². The fraction of sp³-hybridized carbons (Fsp3) is 0.667. The zero-order chi connectivity index (χ0) is 10.8. The van der Waals surface area contributed by atoms with E-state index in [1.54, 1.807) is 0 Å². The van der Waals surface area contributed by atoms with Crippen molar-refractivity contribution in [3.8, 4) is 0 Å². The second kappa shape index (κ2) is 4.49. The van der Waals surface area contributed by atoms with E-state index in [4.69, 9.17) is 23.2 Å². The van der Waals surface area contributed by atoms with Crippen molar-refractivity contribution in [2.45, 2.75) is 32.2 Å². The average molecular weight is 247 g/mol. The maximum atomic E-state index is 5.75. The smallest absolute Gasteiger partial charge is 0.231 e. The van der Waals surface area contributed by atoms with Gasteiger partial charge >= 0.3 is 0 Å². The normalized spacial score (nSPS) is 21.0. The zero-order valence-electron chi connectivity index (χ0n) is 8.45. The number of halogens is 2. The molecule has 82 valence electrons. The molecule has 4 nitrogen and oxygen atoms in total. The lowest BCUT2D eigenvalue weighted by Crippen LogP contribution is -2.30. The number of hydrogen-bond donors (Lipinski definition) is 0. The van der Waals surface area contributed by atoms with Gasteiger partial charge in [0.05, 0.1) is 0 Å². The van der Waals surface area contributed by atoms with Crippen LogP contribution < -0.4 is 4.90 Å². The molecule has 1 aliphatic rings. The summed E-state index contributed by atoms with van der Waals surface area (Å²) in [6.07, 6.45) is 3.43. The standard InChI is InChI=1S/C9H12Cl2N4/c1-2-6-4-3-5-15(6)9-13-7(10)12-8(11)14-9/h6H,2-5H2,1H3. The highest BCUT2D eigenvalue weighted by Crippen LogP contribution is 2.25. The summed E-state index contributed by atoms with van der Waals surface area (Å²) in [6, 6.07) is 0.500. The first-order chi connectivity index (χ1) is 7.20. The lowest BCUT2D eigenvalue weighted by molar-refractivity contribution is 0.633. The predicted octanol–water partition coefficient (Wildman–Crippen LogP) is 2.56. The lowest BCUT2D eigenvalue weighted by Gasteiger charge is -2.23. The third kappa shape index (κ3) is 2.32. The highest BCUT2D eigenvalue weighted by Gasteiger charge is 2.25. The Balaban J connectivity index is 2.28. The third-order valence-corrected chi connectivity index (χ3v) is 3.01. The maximum Gasteiger partial charge on any atom is 0.231 e. The van der Waals surface area contributed by atoms with Crippen molar-refractivity contribution in [2.24, 2.45) is 0 Å². The quantitative estimate of drug-likeness (QED) is 0.805. The van der Waals surface area contributed by atoms with E-state index in [2.05, 4.69) is 26.8 Å². The summed E-state index contributed by atoms with van der Waals surface area (Å²) in [7, 11) is 0. The summed E-state index contributed by atoms with van der Waals surface area (Å²) in [5.74, 6) is 0.601. The van der Waals surface area contributed by atoms with Crippen molar-refractivity contribution < 1.29 is 0 Å². The van der Waals surface area contributed by atoms with Crippen LogP contribution in [0.2, 0.25) is 10.6 Å². The van der Waals surface area contributed by atoms with Crippen LogP contribution in [0.25, 0.3) is 0 Å². The van der Waals surface area contributed by atoms with Crippen molar-refractivity contribution in [1.82, 2.24) is 15.0 Å². The van der Waals surface area contributed by atoms with Crippen molar-refractivity contribution >= 4 is 29.2 Å². The first kappa shape index (κ1) is 10.9. The maximum absolute atomic E-state index is 5.75. The van der Waals surface area contributed by atoms with Crippen molar-refractivity contribution in [3.63, 3.8) is 0 Å². The molecule has 2 heterocycles. The third-order valence-electron chi connectivity index (χ3n) is 2.67. The monoisotopic (exact) mass is 246 g/mol. The van der Waals surface area contributed by atoms with E-state index in [0.29, 0.717) is 12.0 Å².